The predicted octanol–water partition coefficient (Wildman–Crippen LogP) is 5.32. The van der Waals surface area contributed by atoms with Gasteiger partial charge in [0.25, 0.3) is 5.91 Å². The molecule has 0 spiro atoms. The Morgan fingerprint density at radius 3 is 2.27 bits per heavy atom. The number of ketones is 1. The number of anilines is 2. The standard InChI is InChI=1S/C34H35FN6O3/c1-4-44-31-21-26(33(43)36-17-18-40(2)3)11-15-30(31)37-34-38-32-16-12-27(22-41(32)39-34)25-9-5-23(6-10-25)19-29(42)20-24-7-13-28(35)14-8-24/h5-16,21-22H,4,17-20H2,1-3H3,(H,36,43)(H,37,39). The molecule has 0 bridgehead atoms. The van der Waals surface area contributed by atoms with E-state index in [4.69, 9.17) is 4.74 Å². The third-order valence-corrected chi connectivity index (χ3v) is 6.97. The number of halogens is 1. The Labute approximate surface area is 255 Å². The molecule has 0 aliphatic rings. The van der Waals surface area contributed by atoms with Crippen molar-refractivity contribution in [2.75, 3.05) is 39.1 Å². The fraction of sp³-hybridized carbons (Fsp3) is 0.235. The smallest absolute Gasteiger partial charge is 0.251 e. The molecule has 0 fully saturated rings. The van der Waals surface area contributed by atoms with Gasteiger partial charge in [0.15, 0.2) is 5.65 Å². The van der Waals surface area contributed by atoms with Crippen molar-refractivity contribution >= 4 is 29.0 Å². The fourth-order valence-electron chi connectivity index (χ4n) is 4.70. The van der Waals surface area contributed by atoms with Gasteiger partial charge in [-0.2, -0.15) is 4.98 Å². The van der Waals surface area contributed by atoms with E-state index < -0.39 is 0 Å². The number of carbonyl (C=O) groups excluding carboxylic acids is 2. The number of hydrogen-bond acceptors (Lipinski definition) is 7. The summed E-state index contributed by atoms with van der Waals surface area (Å²) in [5.41, 5.74) is 5.45. The largest absolute Gasteiger partial charge is 0.492 e. The summed E-state index contributed by atoms with van der Waals surface area (Å²) in [6.45, 7) is 3.61. The number of rotatable bonds is 13. The van der Waals surface area contributed by atoms with Gasteiger partial charge >= 0.3 is 0 Å². The summed E-state index contributed by atoms with van der Waals surface area (Å²) in [6, 6.07) is 23.0. The number of nitrogens with zero attached hydrogens (tertiary/aromatic N) is 4. The number of Topliss-reactive ketones (excluding diaryl/α,β-unsaturated/α-hetero) is 1. The molecule has 10 heteroatoms. The van der Waals surface area contributed by atoms with Crippen molar-refractivity contribution in [2.45, 2.75) is 19.8 Å². The summed E-state index contributed by atoms with van der Waals surface area (Å²) in [4.78, 5) is 31.7. The molecule has 44 heavy (non-hydrogen) atoms. The molecule has 0 saturated heterocycles. The second-order valence-corrected chi connectivity index (χ2v) is 10.7. The summed E-state index contributed by atoms with van der Waals surface area (Å²) >= 11 is 0. The minimum Gasteiger partial charge on any atom is -0.492 e. The number of carbonyl (C=O) groups is 2. The van der Waals surface area contributed by atoms with E-state index in [9.17, 15) is 14.0 Å². The molecule has 1 amide bonds. The van der Waals surface area contributed by atoms with Crippen LogP contribution in [-0.2, 0) is 17.6 Å². The van der Waals surface area contributed by atoms with E-state index >= 15 is 0 Å². The first-order valence-corrected chi connectivity index (χ1v) is 14.5. The lowest BCUT2D eigenvalue weighted by atomic mass is 10.0. The van der Waals surface area contributed by atoms with E-state index in [1.807, 2.05) is 68.5 Å². The van der Waals surface area contributed by atoms with E-state index in [1.165, 1.54) is 12.1 Å². The molecule has 0 unspecified atom stereocenters. The molecule has 2 aromatic heterocycles. The van der Waals surface area contributed by atoms with Gasteiger partial charge in [0.1, 0.15) is 17.3 Å². The van der Waals surface area contributed by atoms with Crippen LogP contribution in [0.5, 0.6) is 5.75 Å². The Morgan fingerprint density at radius 1 is 0.909 bits per heavy atom. The van der Waals surface area contributed by atoms with E-state index in [0.717, 1.165) is 28.8 Å². The normalized spacial score (nSPS) is 11.1. The zero-order valence-corrected chi connectivity index (χ0v) is 25.0. The average molecular weight is 595 g/mol. The zero-order valence-electron chi connectivity index (χ0n) is 25.0. The Hall–Kier alpha value is -5.09. The van der Waals surface area contributed by atoms with E-state index in [-0.39, 0.29) is 23.9 Å². The molecule has 0 aliphatic carbocycles. The number of nitrogens with one attached hydrogen (secondary N) is 2. The molecule has 0 atom stereocenters. The van der Waals surface area contributed by atoms with Crippen LogP contribution in [0.2, 0.25) is 0 Å². The topological polar surface area (TPSA) is 101 Å². The molecule has 5 aromatic rings. The molecule has 5 rings (SSSR count). The fourth-order valence-corrected chi connectivity index (χ4v) is 4.70. The first-order valence-electron chi connectivity index (χ1n) is 14.5. The van der Waals surface area contributed by atoms with Crippen LogP contribution in [0.15, 0.2) is 85.1 Å². The average Bonchev–Trinajstić information content (AvgIpc) is 3.41. The zero-order chi connectivity index (χ0) is 31.1. The quantitative estimate of drug-likeness (QED) is 0.190. The van der Waals surface area contributed by atoms with Crippen molar-refractivity contribution < 1.29 is 18.7 Å². The second kappa shape index (κ2) is 13.9. The maximum atomic E-state index is 13.1. The summed E-state index contributed by atoms with van der Waals surface area (Å²) < 4.78 is 20.6. The highest BCUT2D eigenvalue weighted by atomic mass is 19.1. The van der Waals surface area contributed by atoms with Gasteiger partial charge in [-0.15, -0.1) is 5.10 Å². The number of likely N-dealkylation sites (N-methyl/N-ethyl adjacent to an activating group) is 1. The third-order valence-electron chi connectivity index (χ3n) is 6.97. The lowest BCUT2D eigenvalue weighted by Gasteiger charge is -2.13. The van der Waals surface area contributed by atoms with Gasteiger partial charge in [0, 0.05) is 43.3 Å². The molecule has 0 aliphatic heterocycles. The molecular formula is C34H35FN6O3. The van der Waals surface area contributed by atoms with Crippen LogP contribution >= 0.6 is 0 Å². The van der Waals surface area contributed by atoms with Crippen LogP contribution in [0.3, 0.4) is 0 Å². The Bertz CT molecular complexity index is 1750. The van der Waals surface area contributed by atoms with Crippen LogP contribution in [0.1, 0.15) is 28.4 Å². The van der Waals surface area contributed by atoms with Gasteiger partial charge < -0.3 is 20.3 Å². The van der Waals surface area contributed by atoms with Crippen molar-refractivity contribution in [1.29, 1.82) is 0 Å². The molecule has 2 N–H and O–H groups in total. The van der Waals surface area contributed by atoms with Gasteiger partial charge in [0.05, 0.1) is 12.3 Å². The van der Waals surface area contributed by atoms with Crippen molar-refractivity contribution in [3.8, 4) is 16.9 Å². The monoisotopic (exact) mass is 594 g/mol. The van der Waals surface area contributed by atoms with Crippen molar-refractivity contribution in [3.63, 3.8) is 0 Å². The van der Waals surface area contributed by atoms with Crippen LogP contribution in [0.25, 0.3) is 16.8 Å². The number of amides is 1. The minimum absolute atomic E-state index is 0.0684. The number of ether oxygens (including phenoxy) is 1. The molecule has 0 saturated carbocycles. The Balaban J connectivity index is 1.25. The molecule has 226 valence electrons. The highest BCUT2D eigenvalue weighted by Crippen LogP contribution is 2.29. The summed E-state index contributed by atoms with van der Waals surface area (Å²) in [6.07, 6.45) is 2.47. The number of hydrogen-bond donors (Lipinski definition) is 2. The molecule has 3 aromatic carbocycles. The number of pyridine rings is 1. The maximum Gasteiger partial charge on any atom is 0.251 e. The molecular weight excluding hydrogens is 559 g/mol. The summed E-state index contributed by atoms with van der Waals surface area (Å²) in [5, 5.41) is 10.7. The van der Waals surface area contributed by atoms with Crippen molar-refractivity contribution in [2.24, 2.45) is 0 Å². The predicted molar refractivity (Wildman–Crippen MR) is 169 cm³/mol. The third kappa shape index (κ3) is 7.84. The number of benzene rings is 3. The molecule has 0 radical (unpaired) electrons. The van der Waals surface area contributed by atoms with Crippen LogP contribution in [-0.4, -0.2) is 65.0 Å². The number of fused-ring (bicyclic) bond motifs is 1. The van der Waals surface area contributed by atoms with E-state index in [2.05, 4.69) is 20.7 Å². The lowest BCUT2D eigenvalue weighted by molar-refractivity contribution is -0.117. The lowest BCUT2D eigenvalue weighted by Crippen LogP contribution is -2.31. The van der Waals surface area contributed by atoms with Crippen molar-refractivity contribution in [3.05, 3.63) is 108 Å². The highest BCUT2D eigenvalue weighted by molar-refractivity contribution is 5.95. The van der Waals surface area contributed by atoms with Gasteiger partial charge in [-0.05, 0) is 80.2 Å². The highest BCUT2D eigenvalue weighted by Gasteiger charge is 2.14. The Morgan fingerprint density at radius 2 is 1.59 bits per heavy atom. The van der Waals surface area contributed by atoms with Gasteiger partial charge in [-0.1, -0.05) is 36.4 Å². The van der Waals surface area contributed by atoms with Gasteiger partial charge in [0.2, 0.25) is 5.95 Å². The minimum atomic E-state index is -0.312. The summed E-state index contributed by atoms with van der Waals surface area (Å²) in [7, 11) is 3.91. The van der Waals surface area contributed by atoms with Crippen LogP contribution in [0.4, 0.5) is 16.0 Å². The second-order valence-electron chi connectivity index (χ2n) is 10.7. The van der Waals surface area contributed by atoms with Gasteiger partial charge in [-0.25, -0.2) is 8.91 Å². The molecule has 2 heterocycles. The van der Waals surface area contributed by atoms with E-state index in [1.54, 1.807) is 34.8 Å². The number of aromatic nitrogens is 3. The summed E-state index contributed by atoms with van der Waals surface area (Å²) in [5.74, 6) is 0.513. The SMILES string of the molecule is CCOc1cc(C(=O)NCCN(C)C)ccc1Nc1nc2ccc(-c3ccc(CC(=O)Cc4ccc(F)cc4)cc3)cn2n1. The molecule has 9 nitrogen and oxygen atoms in total. The maximum absolute atomic E-state index is 13.1. The van der Waals surface area contributed by atoms with Crippen LogP contribution < -0.4 is 15.4 Å². The first kappa shape index (κ1) is 30.4. The van der Waals surface area contributed by atoms with Crippen molar-refractivity contribution in [1.82, 2.24) is 24.8 Å². The van der Waals surface area contributed by atoms with Gasteiger partial charge in [-0.3, -0.25) is 9.59 Å². The Kier molecular flexibility index (Phi) is 9.61. The van der Waals surface area contributed by atoms with Crippen LogP contribution in [0, 0.1) is 5.82 Å². The van der Waals surface area contributed by atoms with E-state index in [0.29, 0.717) is 48.2 Å². The first-order chi connectivity index (χ1) is 21.3.